The fourth-order valence-corrected chi connectivity index (χ4v) is 2.44. The van der Waals surface area contributed by atoms with E-state index >= 15 is 0 Å². The van der Waals surface area contributed by atoms with Gasteiger partial charge in [0.1, 0.15) is 0 Å². The molecule has 0 atom stereocenters. The Morgan fingerprint density at radius 1 is 1.21 bits per heavy atom. The van der Waals surface area contributed by atoms with Crippen LogP contribution in [0.4, 0.5) is 0 Å². The Bertz CT molecular complexity index is 188. The van der Waals surface area contributed by atoms with E-state index in [1.807, 2.05) is 6.92 Å². The van der Waals surface area contributed by atoms with Crippen LogP contribution in [-0.2, 0) is 9.59 Å². The molecule has 0 radical (unpaired) electrons. The molecule has 82 valence electrons. The van der Waals surface area contributed by atoms with Gasteiger partial charge in [0.05, 0.1) is 5.75 Å². The van der Waals surface area contributed by atoms with Gasteiger partial charge in [-0.15, -0.1) is 0 Å². The molecule has 0 heterocycles. The number of hydrogen-bond acceptors (Lipinski definition) is 4. The zero-order valence-corrected chi connectivity index (χ0v) is 10.1. The molecule has 0 fully saturated rings. The molecular formula is C8H16N2O2S2. The molecule has 0 saturated heterocycles. The van der Waals surface area contributed by atoms with Gasteiger partial charge in [-0.3, -0.25) is 9.59 Å². The van der Waals surface area contributed by atoms with Gasteiger partial charge in [-0.25, -0.2) is 0 Å². The zero-order chi connectivity index (χ0) is 10.8. The second-order valence-corrected chi connectivity index (χ2v) is 5.10. The fourth-order valence-electron chi connectivity index (χ4n) is 0.671. The lowest BCUT2D eigenvalue weighted by Crippen LogP contribution is -2.24. The first-order chi connectivity index (χ1) is 6.66. The van der Waals surface area contributed by atoms with E-state index in [1.54, 1.807) is 10.8 Å². The maximum atomic E-state index is 11.0. The van der Waals surface area contributed by atoms with Crippen LogP contribution in [0.2, 0.25) is 0 Å². The molecule has 0 saturated carbocycles. The second-order valence-electron chi connectivity index (χ2n) is 2.52. The van der Waals surface area contributed by atoms with E-state index in [9.17, 15) is 9.59 Å². The fraction of sp³-hybridized carbons (Fsp3) is 0.750. The van der Waals surface area contributed by atoms with Gasteiger partial charge >= 0.3 is 0 Å². The van der Waals surface area contributed by atoms with Crippen molar-refractivity contribution in [1.29, 1.82) is 0 Å². The van der Waals surface area contributed by atoms with Gasteiger partial charge in [0.25, 0.3) is 0 Å². The van der Waals surface area contributed by atoms with Gasteiger partial charge in [-0.05, 0) is 6.92 Å². The van der Waals surface area contributed by atoms with Crippen molar-refractivity contribution in [1.82, 2.24) is 10.6 Å². The first kappa shape index (κ1) is 13.6. The Balaban J connectivity index is 3.13. The van der Waals surface area contributed by atoms with Crippen LogP contribution in [0.15, 0.2) is 0 Å². The summed E-state index contributed by atoms with van der Waals surface area (Å²) >= 11 is 0. The molecule has 0 aliphatic rings. The van der Waals surface area contributed by atoms with Crippen LogP contribution in [0.3, 0.4) is 0 Å². The maximum Gasteiger partial charge on any atom is 0.230 e. The number of carbonyl (C=O) groups is 2. The van der Waals surface area contributed by atoms with Crippen molar-refractivity contribution in [3.8, 4) is 0 Å². The minimum absolute atomic E-state index is 0.0145. The highest BCUT2D eigenvalue weighted by Gasteiger charge is 1.99. The third-order valence-electron chi connectivity index (χ3n) is 1.21. The number of amides is 2. The molecule has 0 aromatic carbocycles. The highest BCUT2D eigenvalue weighted by molar-refractivity contribution is 8.76. The third kappa shape index (κ3) is 9.73. The van der Waals surface area contributed by atoms with E-state index in [-0.39, 0.29) is 11.8 Å². The van der Waals surface area contributed by atoms with Gasteiger partial charge in [-0.1, -0.05) is 21.6 Å². The standard InChI is InChI=1S/C8H16N2O2S2/c1-3-9-8(12)6-14-13-5-4-10-7(2)11/h3-6H2,1-2H3,(H,9,12)(H,10,11). The predicted molar refractivity (Wildman–Crippen MR) is 62.3 cm³/mol. The Hall–Kier alpha value is -0.360. The van der Waals surface area contributed by atoms with Crippen molar-refractivity contribution in [2.75, 3.05) is 24.6 Å². The van der Waals surface area contributed by atoms with Crippen LogP contribution in [0.1, 0.15) is 13.8 Å². The molecule has 0 aliphatic heterocycles. The molecule has 0 aromatic heterocycles. The molecule has 2 N–H and O–H groups in total. The summed E-state index contributed by atoms with van der Waals surface area (Å²) in [4.78, 5) is 21.4. The zero-order valence-electron chi connectivity index (χ0n) is 8.46. The molecule has 14 heavy (non-hydrogen) atoms. The summed E-state index contributed by atoms with van der Waals surface area (Å²) in [6.45, 7) is 4.72. The first-order valence-electron chi connectivity index (χ1n) is 4.42. The monoisotopic (exact) mass is 236 g/mol. The Kier molecular flexibility index (Phi) is 8.97. The molecule has 0 aromatic rings. The first-order valence-corrected chi connectivity index (χ1v) is 6.91. The van der Waals surface area contributed by atoms with Crippen LogP contribution in [0.25, 0.3) is 0 Å². The van der Waals surface area contributed by atoms with Crippen molar-refractivity contribution in [2.24, 2.45) is 0 Å². The molecule has 6 heteroatoms. The van der Waals surface area contributed by atoms with Gasteiger partial charge in [-0.2, -0.15) is 0 Å². The number of rotatable bonds is 7. The van der Waals surface area contributed by atoms with Crippen molar-refractivity contribution >= 4 is 33.4 Å². The highest BCUT2D eigenvalue weighted by atomic mass is 33.1. The molecule has 0 aliphatic carbocycles. The molecular weight excluding hydrogens is 220 g/mol. The highest BCUT2D eigenvalue weighted by Crippen LogP contribution is 2.19. The molecule has 2 amide bonds. The van der Waals surface area contributed by atoms with Crippen molar-refractivity contribution in [3.63, 3.8) is 0 Å². The number of hydrogen-bond donors (Lipinski definition) is 2. The quantitative estimate of drug-likeness (QED) is 0.503. The summed E-state index contributed by atoms with van der Waals surface area (Å²) in [6.07, 6.45) is 0. The van der Waals surface area contributed by atoms with Crippen LogP contribution in [0, 0.1) is 0 Å². The van der Waals surface area contributed by atoms with Crippen LogP contribution in [0.5, 0.6) is 0 Å². The molecule has 4 nitrogen and oxygen atoms in total. The second kappa shape index (κ2) is 9.21. The van der Waals surface area contributed by atoms with E-state index in [2.05, 4.69) is 10.6 Å². The average molecular weight is 236 g/mol. The number of carbonyl (C=O) groups excluding carboxylic acids is 2. The lowest BCUT2D eigenvalue weighted by atomic mass is 10.6. The van der Waals surface area contributed by atoms with Gasteiger partial charge in [0.15, 0.2) is 0 Å². The normalized spacial score (nSPS) is 9.57. The van der Waals surface area contributed by atoms with E-state index in [1.165, 1.54) is 17.7 Å². The van der Waals surface area contributed by atoms with Gasteiger partial charge in [0, 0.05) is 25.8 Å². The third-order valence-corrected chi connectivity index (χ3v) is 3.48. The largest absolute Gasteiger partial charge is 0.356 e. The smallest absolute Gasteiger partial charge is 0.230 e. The summed E-state index contributed by atoms with van der Waals surface area (Å²) in [5, 5.41) is 5.40. The molecule has 0 rings (SSSR count). The minimum atomic E-state index is -0.0145. The summed E-state index contributed by atoms with van der Waals surface area (Å²) in [5.41, 5.74) is 0. The number of nitrogens with one attached hydrogen (secondary N) is 2. The summed E-state index contributed by atoms with van der Waals surface area (Å²) < 4.78 is 0. The summed E-state index contributed by atoms with van der Waals surface area (Å²) in [7, 11) is 3.10. The minimum Gasteiger partial charge on any atom is -0.356 e. The van der Waals surface area contributed by atoms with Crippen molar-refractivity contribution in [3.05, 3.63) is 0 Å². The average Bonchev–Trinajstić information content (AvgIpc) is 2.11. The lowest BCUT2D eigenvalue weighted by molar-refractivity contribution is -0.119. The van der Waals surface area contributed by atoms with E-state index in [0.29, 0.717) is 18.8 Å². The van der Waals surface area contributed by atoms with Gasteiger partial charge < -0.3 is 10.6 Å². The van der Waals surface area contributed by atoms with E-state index in [4.69, 9.17) is 0 Å². The topological polar surface area (TPSA) is 58.2 Å². The van der Waals surface area contributed by atoms with Crippen LogP contribution < -0.4 is 10.6 Å². The van der Waals surface area contributed by atoms with Crippen molar-refractivity contribution < 1.29 is 9.59 Å². The van der Waals surface area contributed by atoms with E-state index < -0.39 is 0 Å². The summed E-state index contributed by atoms with van der Waals surface area (Å²) in [6, 6.07) is 0. The van der Waals surface area contributed by atoms with Crippen molar-refractivity contribution in [2.45, 2.75) is 13.8 Å². The van der Waals surface area contributed by atoms with Crippen LogP contribution >= 0.6 is 21.6 Å². The van der Waals surface area contributed by atoms with Crippen LogP contribution in [-0.4, -0.2) is 36.4 Å². The Labute approximate surface area is 92.4 Å². The Morgan fingerprint density at radius 2 is 1.93 bits per heavy atom. The molecule has 0 spiro atoms. The predicted octanol–water partition coefficient (Wildman–Crippen LogP) is 0.640. The maximum absolute atomic E-state index is 11.0. The SMILES string of the molecule is CCNC(=O)CSSCCNC(C)=O. The lowest BCUT2D eigenvalue weighted by Gasteiger charge is -2.02. The molecule has 0 unspecified atom stereocenters. The Morgan fingerprint density at radius 3 is 2.50 bits per heavy atom. The van der Waals surface area contributed by atoms with E-state index in [0.717, 1.165) is 5.75 Å². The molecule has 0 bridgehead atoms. The summed E-state index contributed by atoms with van der Waals surface area (Å²) in [5.74, 6) is 1.34. The van der Waals surface area contributed by atoms with Gasteiger partial charge in [0.2, 0.25) is 11.8 Å².